The van der Waals surface area contributed by atoms with E-state index in [0.29, 0.717) is 5.92 Å². The maximum absolute atomic E-state index is 10.5. The molecule has 3 heteroatoms. The van der Waals surface area contributed by atoms with Gasteiger partial charge in [0.25, 0.3) is 0 Å². The summed E-state index contributed by atoms with van der Waals surface area (Å²) >= 11 is 0. The van der Waals surface area contributed by atoms with Crippen molar-refractivity contribution in [3.63, 3.8) is 0 Å². The Bertz CT molecular complexity index is 124. The summed E-state index contributed by atoms with van der Waals surface area (Å²) in [6, 6.07) is 0. The number of carbonyl (C=O) groups excluding carboxylic acids is 1. The second-order valence-corrected chi connectivity index (χ2v) is 2.41. The average molecular weight is 129 g/mol. The molecule has 0 aliphatic heterocycles. The molecule has 1 N–H and O–H groups in total. The zero-order valence-corrected chi connectivity index (χ0v) is 5.68. The molecule has 9 heavy (non-hydrogen) atoms. The summed E-state index contributed by atoms with van der Waals surface area (Å²) < 4.78 is 4.87. The second-order valence-electron chi connectivity index (χ2n) is 2.41. The Morgan fingerprint density at radius 3 is 2.67 bits per heavy atom. The van der Waals surface area contributed by atoms with E-state index in [0.717, 1.165) is 6.42 Å². The van der Waals surface area contributed by atoms with Gasteiger partial charge >= 0.3 is 6.09 Å². The third kappa shape index (κ3) is 1.59. The quantitative estimate of drug-likeness (QED) is 0.567. The van der Waals surface area contributed by atoms with Gasteiger partial charge in [0, 0.05) is 7.05 Å². The average Bonchev–Trinajstić information content (AvgIpc) is 2.47. The first-order valence-electron chi connectivity index (χ1n) is 3.12. The summed E-state index contributed by atoms with van der Waals surface area (Å²) in [6.45, 7) is 2.06. The van der Waals surface area contributed by atoms with E-state index < -0.39 is 0 Å². The smallest absolute Gasteiger partial charge is 0.407 e. The number of hydrogen-bond donors (Lipinski definition) is 1. The molecule has 0 aromatic carbocycles. The van der Waals surface area contributed by atoms with E-state index in [1.54, 1.807) is 7.05 Å². The van der Waals surface area contributed by atoms with Crippen LogP contribution in [0.2, 0.25) is 0 Å². The summed E-state index contributed by atoms with van der Waals surface area (Å²) in [5, 5.41) is 2.40. The summed E-state index contributed by atoms with van der Waals surface area (Å²) in [4.78, 5) is 10.5. The standard InChI is InChI=1S/C6H11NO2/c1-4-3-5(4)9-6(8)7-2/h4-5H,3H2,1-2H3,(H,7,8)/t4?,5-/m0/s1. The molecule has 3 nitrogen and oxygen atoms in total. The highest BCUT2D eigenvalue weighted by Crippen LogP contribution is 2.32. The van der Waals surface area contributed by atoms with Gasteiger partial charge in [0.05, 0.1) is 0 Å². The van der Waals surface area contributed by atoms with Crippen molar-refractivity contribution in [3.05, 3.63) is 0 Å². The van der Waals surface area contributed by atoms with E-state index in [2.05, 4.69) is 12.2 Å². The Morgan fingerprint density at radius 1 is 1.78 bits per heavy atom. The normalized spacial score (nSPS) is 31.3. The molecule has 1 amide bonds. The van der Waals surface area contributed by atoms with E-state index in [9.17, 15) is 4.79 Å². The van der Waals surface area contributed by atoms with Gasteiger partial charge in [-0.15, -0.1) is 0 Å². The first-order chi connectivity index (χ1) is 4.24. The maximum atomic E-state index is 10.5. The molecule has 0 aromatic heterocycles. The number of rotatable bonds is 1. The monoisotopic (exact) mass is 129 g/mol. The van der Waals surface area contributed by atoms with Gasteiger partial charge in [0.1, 0.15) is 6.10 Å². The Kier molecular flexibility index (Phi) is 1.60. The van der Waals surface area contributed by atoms with Crippen molar-refractivity contribution in [3.8, 4) is 0 Å². The molecule has 2 atom stereocenters. The van der Waals surface area contributed by atoms with Crippen LogP contribution in [0.15, 0.2) is 0 Å². The second kappa shape index (κ2) is 2.25. The molecule has 0 radical (unpaired) electrons. The molecule has 1 saturated carbocycles. The van der Waals surface area contributed by atoms with Crippen LogP contribution in [0.25, 0.3) is 0 Å². The number of carbonyl (C=O) groups is 1. The van der Waals surface area contributed by atoms with Crippen molar-refractivity contribution in [1.82, 2.24) is 5.32 Å². The fraction of sp³-hybridized carbons (Fsp3) is 0.833. The van der Waals surface area contributed by atoms with Crippen molar-refractivity contribution < 1.29 is 9.53 Å². The van der Waals surface area contributed by atoms with Gasteiger partial charge in [0.15, 0.2) is 0 Å². The summed E-state index contributed by atoms with van der Waals surface area (Å²) in [5.41, 5.74) is 0. The molecular weight excluding hydrogens is 118 g/mol. The van der Waals surface area contributed by atoms with E-state index in [1.807, 2.05) is 0 Å². The fourth-order valence-electron chi connectivity index (χ4n) is 0.649. The number of nitrogens with one attached hydrogen (secondary N) is 1. The largest absolute Gasteiger partial charge is 0.446 e. The molecule has 0 heterocycles. The molecule has 0 aromatic rings. The van der Waals surface area contributed by atoms with Crippen LogP contribution < -0.4 is 5.32 Å². The minimum absolute atomic E-state index is 0.185. The molecule has 0 bridgehead atoms. The van der Waals surface area contributed by atoms with Crippen LogP contribution in [0.4, 0.5) is 4.79 Å². The minimum atomic E-state index is -0.315. The molecule has 1 aliphatic rings. The highest BCUT2D eigenvalue weighted by atomic mass is 16.6. The lowest BCUT2D eigenvalue weighted by Gasteiger charge is -1.99. The highest BCUT2D eigenvalue weighted by molar-refractivity contribution is 5.67. The van der Waals surface area contributed by atoms with Crippen LogP contribution in [-0.2, 0) is 4.74 Å². The van der Waals surface area contributed by atoms with Crippen LogP contribution in [0.5, 0.6) is 0 Å². The molecule has 1 rings (SSSR count). The van der Waals surface area contributed by atoms with E-state index in [-0.39, 0.29) is 12.2 Å². The number of ether oxygens (including phenoxy) is 1. The fourth-order valence-corrected chi connectivity index (χ4v) is 0.649. The molecule has 0 saturated heterocycles. The van der Waals surface area contributed by atoms with Crippen molar-refractivity contribution in [2.45, 2.75) is 19.4 Å². The Labute approximate surface area is 54.4 Å². The molecule has 52 valence electrons. The van der Waals surface area contributed by atoms with Crippen molar-refractivity contribution >= 4 is 6.09 Å². The van der Waals surface area contributed by atoms with Gasteiger partial charge in [-0.2, -0.15) is 0 Å². The lowest BCUT2D eigenvalue weighted by Crippen LogP contribution is -2.20. The summed E-state index contributed by atoms with van der Waals surface area (Å²) in [6.07, 6.45) is 0.891. The third-order valence-electron chi connectivity index (χ3n) is 1.50. The predicted molar refractivity (Wildman–Crippen MR) is 33.1 cm³/mol. The van der Waals surface area contributed by atoms with Gasteiger partial charge < -0.3 is 10.1 Å². The summed E-state index contributed by atoms with van der Waals surface area (Å²) in [5.74, 6) is 0.572. The first-order valence-corrected chi connectivity index (χ1v) is 3.12. The van der Waals surface area contributed by atoms with Gasteiger partial charge in [-0.05, 0) is 12.3 Å². The first kappa shape index (κ1) is 6.39. The van der Waals surface area contributed by atoms with Crippen molar-refractivity contribution in [1.29, 1.82) is 0 Å². The van der Waals surface area contributed by atoms with E-state index in [1.165, 1.54) is 0 Å². The molecular formula is C6H11NO2. The number of alkyl carbamates (subject to hydrolysis) is 1. The zero-order chi connectivity index (χ0) is 6.85. The van der Waals surface area contributed by atoms with Crippen LogP contribution >= 0.6 is 0 Å². The van der Waals surface area contributed by atoms with Gasteiger partial charge in [-0.3, -0.25) is 0 Å². The molecule has 1 unspecified atom stereocenters. The number of hydrogen-bond acceptors (Lipinski definition) is 2. The maximum Gasteiger partial charge on any atom is 0.407 e. The van der Waals surface area contributed by atoms with Crippen LogP contribution in [-0.4, -0.2) is 19.2 Å². The Hall–Kier alpha value is -0.730. The van der Waals surface area contributed by atoms with Crippen molar-refractivity contribution in [2.24, 2.45) is 5.92 Å². The van der Waals surface area contributed by atoms with Gasteiger partial charge in [0.2, 0.25) is 0 Å². The zero-order valence-electron chi connectivity index (χ0n) is 5.68. The van der Waals surface area contributed by atoms with Crippen LogP contribution in [0.3, 0.4) is 0 Å². The lowest BCUT2D eigenvalue weighted by molar-refractivity contribution is 0.136. The van der Waals surface area contributed by atoms with Crippen molar-refractivity contribution in [2.75, 3.05) is 7.05 Å². The minimum Gasteiger partial charge on any atom is -0.446 e. The lowest BCUT2D eigenvalue weighted by atomic mass is 10.5. The highest BCUT2D eigenvalue weighted by Gasteiger charge is 2.36. The SMILES string of the molecule is CNC(=O)O[C@H]1CC1C. The van der Waals surface area contributed by atoms with E-state index in [4.69, 9.17) is 4.74 Å². The van der Waals surface area contributed by atoms with E-state index >= 15 is 0 Å². The predicted octanol–water partition coefficient (Wildman–Crippen LogP) is 0.751. The molecule has 1 fully saturated rings. The topological polar surface area (TPSA) is 38.3 Å². The summed E-state index contributed by atoms with van der Waals surface area (Å²) in [7, 11) is 1.56. The van der Waals surface area contributed by atoms with Gasteiger partial charge in [-0.25, -0.2) is 4.79 Å². The Balaban J connectivity index is 2.12. The number of amides is 1. The molecule has 0 spiro atoms. The third-order valence-corrected chi connectivity index (χ3v) is 1.50. The Morgan fingerprint density at radius 2 is 2.33 bits per heavy atom. The van der Waals surface area contributed by atoms with Crippen LogP contribution in [0.1, 0.15) is 13.3 Å². The molecule has 1 aliphatic carbocycles. The van der Waals surface area contributed by atoms with Crippen LogP contribution in [0, 0.1) is 5.92 Å². The van der Waals surface area contributed by atoms with Gasteiger partial charge in [-0.1, -0.05) is 6.92 Å².